The van der Waals surface area contributed by atoms with Gasteiger partial charge in [-0.25, -0.2) is 9.97 Å². The number of nitrogens with one attached hydrogen (secondary N) is 1. The number of amides is 1. The van der Waals surface area contributed by atoms with Gasteiger partial charge in [0.2, 0.25) is 5.91 Å². The first-order chi connectivity index (χ1) is 15.6. The lowest BCUT2D eigenvalue weighted by atomic mass is 10.0. The number of hydrogen-bond acceptors (Lipinski definition) is 6. The van der Waals surface area contributed by atoms with E-state index in [0.717, 1.165) is 31.4 Å². The SMILES string of the molecule is O=C(CSc1nc2cc(Cl)ccc2s1)Nc1nc(-c2ccc(-c3ccccc3)cc2)cs1. The molecule has 0 aliphatic rings. The van der Waals surface area contributed by atoms with E-state index in [1.54, 1.807) is 11.3 Å². The molecule has 2 aromatic heterocycles. The summed E-state index contributed by atoms with van der Waals surface area (Å²) < 4.78 is 1.90. The second-order valence-electron chi connectivity index (χ2n) is 6.91. The van der Waals surface area contributed by atoms with Crippen molar-refractivity contribution in [2.45, 2.75) is 4.34 Å². The number of carbonyl (C=O) groups excluding carboxylic acids is 1. The van der Waals surface area contributed by atoms with Gasteiger partial charge in [-0.3, -0.25) is 4.79 Å². The Bertz CT molecular complexity index is 1380. The van der Waals surface area contributed by atoms with Gasteiger partial charge in [0.25, 0.3) is 0 Å². The van der Waals surface area contributed by atoms with E-state index in [-0.39, 0.29) is 11.7 Å². The van der Waals surface area contributed by atoms with Crippen molar-refractivity contribution >= 4 is 67.3 Å². The summed E-state index contributed by atoms with van der Waals surface area (Å²) in [6, 6.07) is 24.2. The Morgan fingerprint density at radius 3 is 2.50 bits per heavy atom. The van der Waals surface area contributed by atoms with Gasteiger partial charge in [0, 0.05) is 16.0 Å². The van der Waals surface area contributed by atoms with Gasteiger partial charge < -0.3 is 5.32 Å². The molecule has 32 heavy (non-hydrogen) atoms. The minimum Gasteiger partial charge on any atom is -0.301 e. The number of aromatic nitrogens is 2. The van der Waals surface area contributed by atoms with Crippen LogP contribution in [0, 0.1) is 0 Å². The third-order valence-corrected chi connectivity index (χ3v) is 7.87. The minimum atomic E-state index is -0.104. The summed E-state index contributed by atoms with van der Waals surface area (Å²) in [7, 11) is 0. The van der Waals surface area contributed by atoms with E-state index in [9.17, 15) is 4.79 Å². The van der Waals surface area contributed by atoms with Crippen LogP contribution in [0.2, 0.25) is 5.02 Å². The number of carbonyl (C=O) groups is 1. The van der Waals surface area contributed by atoms with Gasteiger partial charge in [0.05, 0.1) is 21.7 Å². The zero-order valence-electron chi connectivity index (χ0n) is 16.6. The zero-order chi connectivity index (χ0) is 21.9. The molecule has 1 N–H and O–H groups in total. The molecule has 0 atom stereocenters. The fraction of sp³-hybridized carbons (Fsp3) is 0.0417. The molecule has 0 saturated carbocycles. The number of thiazole rings is 2. The van der Waals surface area contributed by atoms with E-state index < -0.39 is 0 Å². The number of anilines is 1. The number of fused-ring (bicyclic) bond motifs is 1. The Hall–Kier alpha value is -2.71. The summed E-state index contributed by atoms with van der Waals surface area (Å²) >= 11 is 10.4. The topological polar surface area (TPSA) is 54.9 Å². The number of halogens is 1. The van der Waals surface area contributed by atoms with Crippen LogP contribution < -0.4 is 5.32 Å². The van der Waals surface area contributed by atoms with Crippen molar-refractivity contribution in [1.82, 2.24) is 9.97 Å². The molecule has 1 amide bonds. The monoisotopic (exact) mass is 493 g/mol. The van der Waals surface area contributed by atoms with Crippen LogP contribution in [0.5, 0.6) is 0 Å². The molecule has 0 aliphatic heterocycles. The number of nitrogens with zero attached hydrogens (tertiary/aromatic N) is 2. The lowest BCUT2D eigenvalue weighted by molar-refractivity contribution is -0.113. The highest BCUT2D eigenvalue weighted by Crippen LogP contribution is 2.31. The Kier molecular flexibility index (Phi) is 6.23. The van der Waals surface area contributed by atoms with Crippen molar-refractivity contribution in [1.29, 1.82) is 0 Å². The molecule has 0 aliphatic carbocycles. The molecule has 3 aromatic carbocycles. The van der Waals surface area contributed by atoms with Crippen LogP contribution in [-0.2, 0) is 4.79 Å². The average Bonchev–Trinajstić information content (AvgIpc) is 3.45. The third kappa shape index (κ3) is 4.86. The van der Waals surface area contributed by atoms with Crippen molar-refractivity contribution in [3.8, 4) is 22.4 Å². The second kappa shape index (κ2) is 9.42. The van der Waals surface area contributed by atoms with Gasteiger partial charge in [-0.15, -0.1) is 22.7 Å². The van der Waals surface area contributed by atoms with Crippen LogP contribution in [0.1, 0.15) is 0 Å². The molecule has 0 unspecified atom stereocenters. The molecule has 0 saturated heterocycles. The predicted octanol–water partition coefficient (Wildman–Crippen LogP) is 7.47. The minimum absolute atomic E-state index is 0.104. The van der Waals surface area contributed by atoms with Gasteiger partial charge in [-0.1, -0.05) is 78.0 Å². The maximum atomic E-state index is 12.4. The van der Waals surface area contributed by atoms with E-state index in [0.29, 0.717) is 10.2 Å². The van der Waals surface area contributed by atoms with Gasteiger partial charge in [-0.05, 0) is 29.3 Å². The largest absolute Gasteiger partial charge is 0.301 e. The molecule has 0 bridgehead atoms. The number of hydrogen-bond donors (Lipinski definition) is 1. The van der Waals surface area contributed by atoms with Crippen LogP contribution in [0.25, 0.3) is 32.6 Å². The van der Waals surface area contributed by atoms with Gasteiger partial charge >= 0.3 is 0 Å². The first-order valence-electron chi connectivity index (χ1n) is 9.74. The lowest BCUT2D eigenvalue weighted by Crippen LogP contribution is -2.13. The molecule has 5 rings (SSSR count). The van der Waals surface area contributed by atoms with Crippen LogP contribution >= 0.6 is 46.0 Å². The summed E-state index contributed by atoms with van der Waals surface area (Å²) in [6.45, 7) is 0. The molecule has 0 spiro atoms. The maximum Gasteiger partial charge on any atom is 0.236 e. The molecule has 2 heterocycles. The van der Waals surface area contributed by atoms with E-state index in [2.05, 4.69) is 51.7 Å². The quantitative estimate of drug-likeness (QED) is 0.249. The molecule has 158 valence electrons. The summed E-state index contributed by atoms with van der Waals surface area (Å²) in [4.78, 5) is 21.5. The molecular weight excluding hydrogens is 478 g/mol. The van der Waals surface area contributed by atoms with E-state index in [1.165, 1.54) is 28.7 Å². The summed E-state index contributed by atoms with van der Waals surface area (Å²) in [6.07, 6.45) is 0. The van der Waals surface area contributed by atoms with Crippen molar-refractivity contribution in [3.63, 3.8) is 0 Å². The number of thioether (sulfide) groups is 1. The zero-order valence-corrected chi connectivity index (χ0v) is 19.8. The van der Waals surface area contributed by atoms with Crippen LogP contribution in [0.15, 0.2) is 82.5 Å². The molecular formula is C24H16ClN3OS3. The predicted molar refractivity (Wildman–Crippen MR) is 137 cm³/mol. The molecule has 4 nitrogen and oxygen atoms in total. The average molecular weight is 494 g/mol. The lowest BCUT2D eigenvalue weighted by Gasteiger charge is -2.03. The van der Waals surface area contributed by atoms with Crippen LogP contribution in [-0.4, -0.2) is 21.6 Å². The van der Waals surface area contributed by atoms with Gasteiger partial charge in [0.15, 0.2) is 9.47 Å². The normalized spacial score (nSPS) is 11.0. The Balaban J connectivity index is 1.20. The van der Waals surface area contributed by atoms with Gasteiger partial charge in [-0.2, -0.15) is 0 Å². The fourth-order valence-corrected chi connectivity index (χ4v) is 5.90. The highest BCUT2D eigenvalue weighted by Gasteiger charge is 2.11. The number of benzene rings is 3. The van der Waals surface area contributed by atoms with Gasteiger partial charge in [0.1, 0.15) is 0 Å². The first kappa shape index (κ1) is 21.2. The maximum absolute atomic E-state index is 12.4. The molecule has 5 aromatic rings. The second-order valence-corrected chi connectivity index (χ2v) is 10.5. The highest BCUT2D eigenvalue weighted by atomic mass is 35.5. The Labute approximate surface area is 202 Å². The standard InChI is InChI=1S/C24H16ClN3OS3/c25-18-10-11-21-19(12-18)27-24(32-21)31-14-22(29)28-23-26-20(13-30-23)17-8-6-16(7-9-17)15-4-2-1-3-5-15/h1-13H,14H2,(H,26,28,29). The Morgan fingerprint density at radius 1 is 0.938 bits per heavy atom. The van der Waals surface area contributed by atoms with E-state index >= 15 is 0 Å². The summed E-state index contributed by atoms with van der Waals surface area (Å²) in [5.41, 5.74) is 5.06. The Morgan fingerprint density at radius 2 is 1.69 bits per heavy atom. The summed E-state index contributed by atoms with van der Waals surface area (Å²) in [5, 5.41) is 6.09. The van der Waals surface area contributed by atoms with Crippen molar-refractivity contribution in [3.05, 3.63) is 83.2 Å². The van der Waals surface area contributed by atoms with E-state index in [4.69, 9.17) is 11.6 Å². The smallest absolute Gasteiger partial charge is 0.236 e. The first-order valence-corrected chi connectivity index (χ1v) is 12.8. The molecule has 0 fully saturated rings. The highest BCUT2D eigenvalue weighted by molar-refractivity contribution is 8.01. The molecule has 8 heteroatoms. The van der Waals surface area contributed by atoms with Crippen molar-refractivity contribution in [2.24, 2.45) is 0 Å². The number of rotatable bonds is 6. The fourth-order valence-electron chi connectivity index (χ4n) is 3.15. The van der Waals surface area contributed by atoms with Crippen LogP contribution in [0.4, 0.5) is 5.13 Å². The van der Waals surface area contributed by atoms with Crippen molar-refractivity contribution < 1.29 is 4.79 Å². The van der Waals surface area contributed by atoms with Crippen molar-refractivity contribution in [2.75, 3.05) is 11.1 Å². The summed E-state index contributed by atoms with van der Waals surface area (Å²) in [5.74, 6) is 0.168. The molecule has 0 radical (unpaired) electrons. The third-order valence-electron chi connectivity index (χ3n) is 4.70. The van der Waals surface area contributed by atoms with E-state index in [1.807, 2.05) is 41.8 Å². The van der Waals surface area contributed by atoms with Crippen LogP contribution in [0.3, 0.4) is 0 Å².